The van der Waals surface area contributed by atoms with Crippen LogP contribution < -0.4 is 19.5 Å². The summed E-state index contributed by atoms with van der Waals surface area (Å²) in [4.78, 5) is 31.6. The monoisotopic (exact) mass is 546 g/mol. The van der Waals surface area contributed by atoms with Crippen molar-refractivity contribution in [2.24, 2.45) is 0 Å². The highest BCUT2D eigenvalue weighted by atomic mass is 35.5. The summed E-state index contributed by atoms with van der Waals surface area (Å²) in [6.45, 7) is 1.80. The molecule has 2 aromatic carbocycles. The number of H-pyrrole nitrogens is 1. The molecule has 0 radical (unpaired) electrons. The Morgan fingerprint density at radius 3 is 2.59 bits per heavy atom. The number of pyridine rings is 1. The highest BCUT2D eigenvalue weighted by molar-refractivity contribution is 6.34. The van der Waals surface area contributed by atoms with Gasteiger partial charge in [-0.25, -0.2) is 4.39 Å². The molecule has 0 spiro atoms. The summed E-state index contributed by atoms with van der Waals surface area (Å²) >= 11 is 12.3. The molecule has 0 unspecified atom stereocenters. The van der Waals surface area contributed by atoms with E-state index in [-0.39, 0.29) is 23.2 Å². The second-order valence-electron chi connectivity index (χ2n) is 8.56. The first-order valence-electron chi connectivity index (χ1n) is 11.9. The van der Waals surface area contributed by atoms with Crippen LogP contribution >= 0.6 is 23.2 Å². The van der Waals surface area contributed by atoms with Crippen molar-refractivity contribution in [3.05, 3.63) is 76.2 Å². The van der Waals surface area contributed by atoms with E-state index in [0.717, 1.165) is 49.4 Å². The predicted molar refractivity (Wildman–Crippen MR) is 140 cm³/mol. The Hall–Kier alpha value is -3.36. The van der Waals surface area contributed by atoms with Crippen LogP contribution in [0.25, 0.3) is 0 Å². The molecular weight excluding hydrogens is 520 g/mol. The minimum Gasteiger partial charge on any atom is -0.469 e. The van der Waals surface area contributed by atoms with Crippen molar-refractivity contribution in [2.75, 3.05) is 36.5 Å². The number of ether oxygens (including phenoxy) is 2. The maximum absolute atomic E-state index is 14.2. The molecule has 1 aliphatic heterocycles. The molecule has 0 bridgehead atoms. The van der Waals surface area contributed by atoms with Crippen molar-refractivity contribution in [3.8, 4) is 11.6 Å². The Morgan fingerprint density at radius 2 is 1.81 bits per heavy atom. The number of aromatic amines is 1. The van der Waals surface area contributed by atoms with Crippen molar-refractivity contribution >= 4 is 46.5 Å². The van der Waals surface area contributed by atoms with Crippen molar-refractivity contribution in [1.29, 1.82) is 0 Å². The zero-order valence-corrected chi connectivity index (χ0v) is 21.8. The lowest BCUT2D eigenvalue weighted by Crippen LogP contribution is -2.44. The number of anilines is 2. The molecule has 3 aromatic rings. The molecule has 7 nitrogen and oxygen atoms in total. The van der Waals surface area contributed by atoms with Crippen molar-refractivity contribution in [2.45, 2.75) is 25.7 Å². The first-order chi connectivity index (χ1) is 17.9. The quantitative estimate of drug-likeness (QED) is 0.245. The van der Waals surface area contributed by atoms with Gasteiger partial charge in [-0.15, -0.1) is 0 Å². The van der Waals surface area contributed by atoms with Gasteiger partial charge in [0.15, 0.2) is 17.1 Å². The van der Waals surface area contributed by atoms with Crippen LogP contribution in [0.2, 0.25) is 10.0 Å². The van der Waals surface area contributed by atoms with E-state index in [1.807, 2.05) is 24.3 Å². The number of esters is 1. The van der Waals surface area contributed by atoms with E-state index in [1.54, 1.807) is 17.0 Å². The molecule has 1 N–H and O–H groups in total. The molecule has 2 heterocycles. The summed E-state index contributed by atoms with van der Waals surface area (Å²) in [5, 5.41) is 0.704. The molecule has 0 atom stereocenters. The topological polar surface area (TPSA) is 73.2 Å². The molecule has 4 rings (SSSR count). The van der Waals surface area contributed by atoms with E-state index in [1.165, 1.54) is 13.2 Å². The Labute approximate surface area is 224 Å². The minimum absolute atomic E-state index is 0.0297. The first kappa shape index (κ1) is 26.7. The molecule has 0 fully saturated rings. The predicted octanol–water partition coefficient (Wildman–Crippen LogP) is 5.94. The molecule has 10 heteroatoms. The lowest BCUT2D eigenvalue weighted by molar-refractivity contribution is -0.393. The van der Waals surface area contributed by atoms with Crippen LogP contribution in [0.5, 0.6) is 11.6 Å². The van der Waals surface area contributed by atoms with Crippen LogP contribution in [0.15, 0.2) is 54.7 Å². The van der Waals surface area contributed by atoms with E-state index in [9.17, 15) is 14.0 Å². The molecular formula is C27H27Cl2FN3O4+. The van der Waals surface area contributed by atoms with Gasteiger partial charge in [-0.2, -0.15) is 4.98 Å². The third kappa shape index (κ3) is 6.50. The Kier molecular flexibility index (Phi) is 8.84. The van der Waals surface area contributed by atoms with Gasteiger partial charge in [0.2, 0.25) is 6.20 Å². The number of halogens is 3. The Bertz CT molecular complexity index is 1290. The van der Waals surface area contributed by atoms with Gasteiger partial charge >= 0.3 is 11.8 Å². The fourth-order valence-corrected chi connectivity index (χ4v) is 4.55. The highest BCUT2D eigenvalue weighted by Crippen LogP contribution is 2.36. The summed E-state index contributed by atoms with van der Waals surface area (Å²) in [6, 6.07) is 13.5. The van der Waals surface area contributed by atoms with Crippen LogP contribution in [0.1, 0.15) is 36.0 Å². The fourth-order valence-electron chi connectivity index (χ4n) is 4.23. The number of benzene rings is 2. The molecule has 1 aromatic heterocycles. The van der Waals surface area contributed by atoms with Crippen LogP contribution in [0.3, 0.4) is 0 Å². The maximum Gasteiger partial charge on any atom is 0.385 e. The average Bonchev–Trinajstić information content (AvgIpc) is 2.91. The largest absolute Gasteiger partial charge is 0.469 e. The van der Waals surface area contributed by atoms with Gasteiger partial charge in [-0.05, 0) is 37.1 Å². The lowest BCUT2D eigenvalue weighted by Gasteiger charge is -2.37. The zero-order chi connectivity index (χ0) is 26.4. The summed E-state index contributed by atoms with van der Waals surface area (Å²) < 4.78 is 24.8. The second kappa shape index (κ2) is 12.3. The van der Waals surface area contributed by atoms with Crippen LogP contribution in [0.4, 0.5) is 15.8 Å². The molecule has 1 amide bonds. The summed E-state index contributed by atoms with van der Waals surface area (Å²) in [7, 11) is 1.39. The normalized spacial score (nSPS) is 12.8. The van der Waals surface area contributed by atoms with Gasteiger partial charge < -0.3 is 19.3 Å². The third-order valence-corrected chi connectivity index (χ3v) is 6.64. The minimum atomic E-state index is -0.605. The Balaban J connectivity index is 1.53. The number of rotatable bonds is 9. The van der Waals surface area contributed by atoms with E-state index >= 15 is 0 Å². The molecule has 194 valence electrons. The average molecular weight is 547 g/mol. The van der Waals surface area contributed by atoms with E-state index in [2.05, 4.69) is 9.88 Å². The van der Waals surface area contributed by atoms with Gasteiger partial charge in [0.05, 0.1) is 23.5 Å². The van der Waals surface area contributed by atoms with Gasteiger partial charge in [-0.1, -0.05) is 41.8 Å². The summed E-state index contributed by atoms with van der Waals surface area (Å²) in [5.41, 5.74) is 1.67. The number of unbranched alkanes of at least 4 members (excludes halogenated alkanes) is 2. The van der Waals surface area contributed by atoms with E-state index in [0.29, 0.717) is 29.6 Å². The highest BCUT2D eigenvalue weighted by Gasteiger charge is 2.32. The third-order valence-electron chi connectivity index (χ3n) is 6.09. The Morgan fingerprint density at radius 1 is 1.03 bits per heavy atom. The lowest BCUT2D eigenvalue weighted by atomic mass is 10.1. The van der Waals surface area contributed by atoms with E-state index < -0.39 is 11.7 Å². The second-order valence-corrected chi connectivity index (χ2v) is 9.40. The zero-order valence-electron chi connectivity index (χ0n) is 20.3. The number of methoxy groups -OCH3 is 1. The summed E-state index contributed by atoms with van der Waals surface area (Å²) in [6.07, 6.45) is 4.07. The SMILES string of the molecule is COC(=O)CCCCCN1CCN(C(=O)c2cc(F)c[nH+]c2Oc2cc(Cl)ccc2Cl)c2ccccc21. The molecule has 1 aliphatic rings. The number of nitrogens with zero attached hydrogens (tertiary/aromatic N) is 2. The number of amides is 1. The van der Waals surface area contributed by atoms with Crippen molar-refractivity contribution in [1.82, 2.24) is 0 Å². The smallest absolute Gasteiger partial charge is 0.385 e. The number of carbonyl (C=O) groups excluding carboxylic acids is 2. The standard InChI is InChI=1S/C27H26Cl2FN3O4/c1-36-25(34)9-3-2-6-12-32-13-14-33(23-8-5-4-7-22(23)32)27(35)20-16-19(30)17-31-26(20)37-24-15-18(28)10-11-21(24)29/h4-5,7-8,10-11,15-17H,2-3,6,9,12-14H2,1H3/p+1. The van der Waals surface area contributed by atoms with Gasteiger partial charge in [0, 0.05) is 43.2 Å². The fraction of sp³-hybridized carbons (Fsp3) is 0.296. The van der Waals surface area contributed by atoms with Gasteiger partial charge in [0.25, 0.3) is 5.91 Å². The number of aromatic nitrogens is 1. The van der Waals surface area contributed by atoms with Crippen LogP contribution in [-0.2, 0) is 9.53 Å². The molecule has 37 heavy (non-hydrogen) atoms. The van der Waals surface area contributed by atoms with Crippen molar-refractivity contribution < 1.29 is 28.4 Å². The van der Waals surface area contributed by atoms with Gasteiger partial charge in [-0.3, -0.25) is 9.59 Å². The molecule has 0 aliphatic carbocycles. The van der Waals surface area contributed by atoms with E-state index in [4.69, 9.17) is 32.7 Å². The van der Waals surface area contributed by atoms with Gasteiger partial charge in [0.1, 0.15) is 0 Å². The number of hydrogen-bond donors (Lipinski definition) is 0. The maximum atomic E-state index is 14.2. The molecule has 0 saturated heterocycles. The number of hydrogen-bond acceptors (Lipinski definition) is 5. The molecule has 0 saturated carbocycles. The first-order valence-corrected chi connectivity index (χ1v) is 12.7. The number of carbonyl (C=O) groups is 2. The van der Waals surface area contributed by atoms with Crippen LogP contribution in [-0.4, -0.2) is 38.6 Å². The van der Waals surface area contributed by atoms with Crippen LogP contribution in [0, 0.1) is 5.82 Å². The summed E-state index contributed by atoms with van der Waals surface area (Å²) in [5.74, 6) is -0.918. The number of fused-ring (bicyclic) bond motifs is 1. The number of para-hydroxylation sites is 2. The number of nitrogens with one attached hydrogen (secondary N) is 1. The van der Waals surface area contributed by atoms with Crippen molar-refractivity contribution in [3.63, 3.8) is 0 Å².